The van der Waals surface area contributed by atoms with Gasteiger partial charge < -0.3 is 10.3 Å². The van der Waals surface area contributed by atoms with Gasteiger partial charge in [0.2, 0.25) is 5.91 Å². The third-order valence-electron chi connectivity index (χ3n) is 3.67. The highest BCUT2D eigenvalue weighted by Crippen LogP contribution is 2.11. The van der Waals surface area contributed by atoms with Crippen molar-refractivity contribution in [3.05, 3.63) is 76.3 Å². The van der Waals surface area contributed by atoms with Crippen LogP contribution in [-0.2, 0) is 11.2 Å². The first-order valence-electron chi connectivity index (χ1n) is 7.46. The van der Waals surface area contributed by atoms with Crippen LogP contribution >= 0.6 is 0 Å². The molecule has 3 aromatic rings. The van der Waals surface area contributed by atoms with E-state index < -0.39 is 0 Å². The second-order valence-corrected chi connectivity index (χ2v) is 5.41. The summed E-state index contributed by atoms with van der Waals surface area (Å²) in [7, 11) is 0. The second kappa shape index (κ2) is 6.44. The van der Waals surface area contributed by atoms with Gasteiger partial charge in [0.05, 0.1) is 23.4 Å². The molecule has 0 saturated carbocycles. The molecule has 0 spiro atoms. The molecule has 1 atom stereocenters. The number of carbonyl (C=O) groups excluding carboxylic acids is 1. The molecule has 0 radical (unpaired) electrons. The van der Waals surface area contributed by atoms with E-state index in [1.807, 2.05) is 43.3 Å². The van der Waals surface area contributed by atoms with E-state index in [1.165, 1.54) is 0 Å². The zero-order valence-electron chi connectivity index (χ0n) is 12.7. The Bertz CT molecular complexity index is 887. The molecule has 0 aliphatic carbocycles. The number of hydrogen-bond donors (Lipinski definition) is 2. The number of amides is 1. The fraction of sp³-hybridized carbons (Fsp3) is 0.167. The average Bonchev–Trinajstić information content (AvgIpc) is 2.55. The molecule has 23 heavy (non-hydrogen) atoms. The van der Waals surface area contributed by atoms with Crippen molar-refractivity contribution in [2.45, 2.75) is 19.4 Å². The topological polar surface area (TPSA) is 74.8 Å². The van der Waals surface area contributed by atoms with Crippen LogP contribution in [0, 0.1) is 0 Å². The van der Waals surface area contributed by atoms with Crippen molar-refractivity contribution in [3.8, 4) is 0 Å². The van der Waals surface area contributed by atoms with Crippen molar-refractivity contribution >= 4 is 16.8 Å². The smallest absolute Gasteiger partial charge is 0.258 e. The van der Waals surface area contributed by atoms with Gasteiger partial charge in [0.25, 0.3) is 5.56 Å². The lowest BCUT2D eigenvalue weighted by molar-refractivity contribution is -0.121. The number of para-hydroxylation sites is 1. The molecule has 116 valence electrons. The molecule has 0 bridgehead atoms. The van der Waals surface area contributed by atoms with Crippen LogP contribution in [0.25, 0.3) is 10.9 Å². The van der Waals surface area contributed by atoms with Crippen LogP contribution in [0.2, 0.25) is 0 Å². The minimum absolute atomic E-state index is 0.0389. The molecule has 0 aliphatic rings. The third-order valence-corrected chi connectivity index (χ3v) is 3.67. The number of carbonyl (C=O) groups is 1. The van der Waals surface area contributed by atoms with Gasteiger partial charge in [-0.2, -0.15) is 0 Å². The van der Waals surface area contributed by atoms with Gasteiger partial charge in [-0.15, -0.1) is 0 Å². The Morgan fingerprint density at radius 3 is 2.61 bits per heavy atom. The maximum absolute atomic E-state index is 12.2. The Hall–Kier alpha value is -2.95. The number of hydrogen-bond acceptors (Lipinski definition) is 3. The van der Waals surface area contributed by atoms with E-state index in [4.69, 9.17) is 0 Å². The van der Waals surface area contributed by atoms with Crippen LogP contribution in [0.4, 0.5) is 0 Å². The minimum Gasteiger partial charge on any atom is -0.349 e. The largest absolute Gasteiger partial charge is 0.349 e. The molecule has 1 aromatic heterocycles. The van der Waals surface area contributed by atoms with Gasteiger partial charge in [0.15, 0.2) is 0 Å². The Morgan fingerprint density at radius 2 is 1.83 bits per heavy atom. The summed E-state index contributed by atoms with van der Waals surface area (Å²) in [5, 5.41) is 3.43. The fourth-order valence-corrected chi connectivity index (χ4v) is 2.49. The SMILES string of the molecule is C[C@@H](NC(=O)Cc1nc2ccccc2c(=O)[nH]1)c1ccccc1. The summed E-state index contributed by atoms with van der Waals surface area (Å²) in [6.45, 7) is 1.92. The summed E-state index contributed by atoms with van der Waals surface area (Å²) in [5.41, 5.74) is 1.39. The van der Waals surface area contributed by atoms with Crippen LogP contribution in [0.15, 0.2) is 59.4 Å². The summed E-state index contributed by atoms with van der Waals surface area (Å²) in [6.07, 6.45) is 0.0389. The van der Waals surface area contributed by atoms with Crippen molar-refractivity contribution in [2.24, 2.45) is 0 Å². The number of H-pyrrole nitrogens is 1. The van der Waals surface area contributed by atoms with Crippen molar-refractivity contribution in [1.29, 1.82) is 0 Å². The van der Waals surface area contributed by atoms with E-state index in [0.717, 1.165) is 5.56 Å². The van der Waals surface area contributed by atoms with Crippen molar-refractivity contribution in [3.63, 3.8) is 0 Å². The molecule has 2 N–H and O–H groups in total. The van der Waals surface area contributed by atoms with Gasteiger partial charge >= 0.3 is 0 Å². The van der Waals surface area contributed by atoms with Crippen LogP contribution in [0.5, 0.6) is 0 Å². The first-order chi connectivity index (χ1) is 11.1. The maximum atomic E-state index is 12.2. The van der Waals surface area contributed by atoms with Gasteiger partial charge in [0, 0.05) is 0 Å². The Labute approximate surface area is 133 Å². The first-order valence-corrected chi connectivity index (χ1v) is 7.46. The number of aromatic amines is 1. The lowest BCUT2D eigenvalue weighted by Gasteiger charge is -2.14. The fourth-order valence-electron chi connectivity index (χ4n) is 2.49. The molecule has 0 saturated heterocycles. The molecule has 2 aromatic carbocycles. The van der Waals surface area contributed by atoms with E-state index >= 15 is 0 Å². The van der Waals surface area contributed by atoms with Gasteiger partial charge in [-0.1, -0.05) is 42.5 Å². The summed E-state index contributed by atoms with van der Waals surface area (Å²) >= 11 is 0. The highest BCUT2D eigenvalue weighted by Gasteiger charge is 2.12. The molecular formula is C18H17N3O2. The van der Waals surface area contributed by atoms with Crippen LogP contribution < -0.4 is 10.9 Å². The molecule has 0 aliphatic heterocycles. The van der Waals surface area contributed by atoms with E-state index in [-0.39, 0.29) is 23.9 Å². The standard InChI is InChI=1S/C18H17N3O2/c1-12(13-7-3-2-4-8-13)19-17(22)11-16-20-15-10-6-5-9-14(15)18(23)21-16/h2-10,12H,11H2,1H3,(H,19,22)(H,20,21,23)/t12-/m1/s1. The predicted molar refractivity (Wildman–Crippen MR) is 89.1 cm³/mol. The molecule has 5 nitrogen and oxygen atoms in total. The lowest BCUT2D eigenvalue weighted by Crippen LogP contribution is -2.29. The molecule has 1 heterocycles. The minimum atomic E-state index is -0.227. The quantitative estimate of drug-likeness (QED) is 0.777. The number of benzene rings is 2. The summed E-state index contributed by atoms with van der Waals surface area (Å²) < 4.78 is 0. The van der Waals surface area contributed by atoms with E-state index in [0.29, 0.717) is 16.7 Å². The predicted octanol–water partition coefficient (Wildman–Crippen LogP) is 2.34. The summed E-state index contributed by atoms with van der Waals surface area (Å²) in [5.74, 6) is 0.186. The molecule has 3 rings (SSSR count). The van der Waals surface area contributed by atoms with Crippen LogP contribution in [0.3, 0.4) is 0 Å². The highest BCUT2D eigenvalue weighted by atomic mass is 16.1. The van der Waals surface area contributed by atoms with Gasteiger partial charge in [-0.25, -0.2) is 4.98 Å². The number of fused-ring (bicyclic) bond motifs is 1. The number of nitrogens with zero attached hydrogens (tertiary/aromatic N) is 1. The Kier molecular flexibility index (Phi) is 4.19. The lowest BCUT2D eigenvalue weighted by atomic mass is 10.1. The van der Waals surface area contributed by atoms with Crippen molar-refractivity contribution < 1.29 is 4.79 Å². The van der Waals surface area contributed by atoms with E-state index in [9.17, 15) is 9.59 Å². The Balaban J connectivity index is 1.74. The average molecular weight is 307 g/mol. The number of rotatable bonds is 4. The number of aromatic nitrogens is 2. The van der Waals surface area contributed by atoms with Crippen molar-refractivity contribution in [1.82, 2.24) is 15.3 Å². The van der Waals surface area contributed by atoms with Gasteiger partial charge in [-0.3, -0.25) is 9.59 Å². The van der Waals surface area contributed by atoms with Crippen molar-refractivity contribution in [2.75, 3.05) is 0 Å². The Morgan fingerprint density at radius 1 is 1.13 bits per heavy atom. The van der Waals surface area contributed by atoms with E-state index in [2.05, 4.69) is 15.3 Å². The summed E-state index contributed by atoms with van der Waals surface area (Å²) in [6, 6.07) is 16.7. The summed E-state index contributed by atoms with van der Waals surface area (Å²) in [4.78, 5) is 31.2. The maximum Gasteiger partial charge on any atom is 0.258 e. The third kappa shape index (κ3) is 3.45. The molecule has 0 unspecified atom stereocenters. The molecule has 5 heteroatoms. The monoisotopic (exact) mass is 307 g/mol. The molecule has 0 fully saturated rings. The second-order valence-electron chi connectivity index (χ2n) is 5.41. The zero-order chi connectivity index (χ0) is 16.2. The van der Waals surface area contributed by atoms with Gasteiger partial charge in [-0.05, 0) is 24.6 Å². The molecular weight excluding hydrogens is 290 g/mol. The van der Waals surface area contributed by atoms with E-state index in [1.54, 1.807) is 18.2 Å². The normalized spacial score (nSPS) is 12.0. The van der Waals surface area contributed by atoms with Crippen LogP contribution in [-0.4, -0.2) is 15.9 Å². The van der Waals surface area contributed by atoms with Crippen LogP contribution in [0.1, 0.15) is 24.4 Å². The molecule has 1 amide bonds. The zero-order valence-corrected chi connectivity index (χ0v) is 12.7. The number of nitrogens with one attached hydrogen (secondary N) is 2. The highest BCUT2D eigenvalue weighted by molar-refractivity contribution is 5.80. The van der Waals surface area contributed by atoms with Gasteiger partial charge in [0.1, 0.15) is 5.82 Å². The first kappa shape index (κ1) is 15.0.